The largest absolute Gasteiger partial charge is 0.0656 e. The molecule has 0 aliphatic carbocycles. The zero-order chi connectivity index (χ0) is 13.8. The molecule has 0 N–H and O–H groups in total. The summed E-state index contributed by atoms with van der Waals surface area (Å²) in [4.78, 5) is 0. The molecule has 0 bridgehead atoms. The molecular weight excluding hydrogens is 216 g/mol. The molecule has 2 aromatic rings. The molecule has 0 nitrogen and oxygen atoms in total. The molecule has 0 heterocycles. The van der Waals surface area contributed by atoms with Gasteiger partial charge in [0.2, 0.25) is 0 Å². The summed E-state index contributed by atoms with van der Waals surface area (Å²) in [5.41, 5.74) is 4.00. The molecule has 0 aliphatic rings. The van der Waals surface area contributed by atoms with E-state index in [0.717, 1.165) is 0 Å². The molecule has 2 aromatic carbocycles. The van der Waals surface area contributed by atoms with Crippen molar-refractivity contribution in [1.82, 2.24) is 0 Å². The van der Waals surface area contributed by atoms with Gasteiger partial charge in [-0.1, -0.05) is 91.6 Å². The van der Waals surface area contributed by atoms with Crippen molar-refractivity contribution in [1.29, 1.82) is 0 Å². The first-order valence-electron chi connectivity index (χ1n) is 6.65. The van der Waals surface area contributed by atoms with Crippen molar-refractivity contribution < 1.29 is 0 Å². The molecule has 2 rings (SSSR count). The van der Waals surface area contributed by atoms with E-state index >= 15 is 0 Å². The number of hydrogen-bond donors (Lipinski definition) is 0. The van der Waals surface area contributed by atoms with Gasteiger partial charge in [-0.25, -0.2) is 0 Å². The molecule has 0 saturated carbocycles. The van der Waals surface area contributed by atoms with Crippen LogP contribution in [-0.2, 0) is 0 Å². The van der Waals surface area contributed by atoms with Gasteiger partial charge in [-0.05, 0) is 20.8 Å². The molecule has 0 unspecified atom stereocenters. The smallest absolute Gasteiger partial charge is 0.0398 e. The van der Waals surface area contributed by atoms with E-state index in [-0.39, 0.29) is 0 Å². The predicted molar refractivity (Wildman–Crippen MR) is 83.1 cm³/mol. The van der Waals surface area contributed by atoms with Crippen molar-refractivity contribution in [3.8, 4) is 0 Å². The molecule has 0 aliphatic heterocycles. The number of hydrogen-bond acceptors (Lipinski definition) is 0. The Morgan fingerprint density at radius 1 is 0.611 bits per heavy atom. The Hall–Kier alpha value is -1.56. The number of aryl methyl sites for hydroxylation is 3. The van der Waals surface area contributed by atoms with E-state index in [1.54, 1.807) is 0 Å². The van der Waals surface area contributed by atoms with Crippen LogP contribution in [0.2, 0.25) is 0 Å². The maximum absolute atomic E-state index is 2.17. The lowest BCUT2D eigenvalue weighted by Gasteiger charge is -1.90. The molecule has 0 heteroatoms. The summed E-state index contributed by atoms with van der Waals surface area (Å²) < 4.78 is 0. The summed E-state index contributed by atoms with van der Waals surface area (Å²) in [5, 5.41) is 0. The maximum Gasteiger partial charge on any atom is -0.0398 e. The predicted octanol–water partition coefficient (Wildman–Crippen LogP) is 5.71. The molecular formula is C18H26. The standard InChI is InChI=1S/C8H10.C7H8.C3H8/c1-7-4-3-5-8(2)6-7;1-7-5-3-2-4-6-7;1-3-2/h3-6H,1-2H3;2-6H,1H3;3H2,1-2H3. The van der Waals surface area contributed by atoms with Gasteiger partial charge in [0, 0.05) is 0 Å². The number of rotatable bonds is 0. The lowest BCUT2D eigenvalue weighted by molar-refractivity contribution is 1.09. The summed E-state index contributed by atoms with van der Waals surface area (Å²) in [6.45, 7) is 10.5. The molecule has 0 radical (unpaired) electrons. The first-order chi connectivity index (χ1) is 8.60. The molecule has 0 fully saturated rings. The molecule has 18 heavy (non-hydrogen) atoms. The summed E-state index contributed by atoms with van der Waals surface area (Å²) in [5.74, 6) is 0. The van der Waals surface area contributed by atoms with Crippen molar-refractivity contribution in [3.63, 3.8) is 0 Å². The highest BCUT2D eigenvalue weighted by Gasteiger charge is 1.80. The van der Waals surface area contributed by atoms with Gasteiger partial charge < -0.3 is 0 Å². The van der Waals surface area contributed by atoms with Crippen LogP contribution in [-0.4, -0.2) is 0 Å². The Morgan fingerprint density at radius 3 is 1.22 bits per heavy atom. The van der Waals surface area contributed by atoms with Crippen LogP contribution in [0.15, 0.2) is 54.6 Å². The van der Waals surface area contributed by atoms with Gasteiger partial charge in [0.15, 0.2) is 0 Å². The van der Waals surface area contributed by atoms with E-state index in [1.165, 1.54) is 23.1 Å². The van der Waals surface area contributed by atoms with Crippen molar-refractivity contribution >= 4 is 0 Å². The van der Waals surface area contributed by atoms with Crippen LogP contribution in [0, 0.1) is 20.8 Å². The van der Waals surface area contributed by atoms with Gasteiger partial charge in [0.25, 0.3) is 0 Å². The third-order valence-corrected chi connectivity index (χ3v) is 2.11. The fourth-order valence-corrected chi connectivity index (χ4v) is 1.34. The van der Waals surface area contributed by atoms with Gasteiger partial charge in [-0.15, -0.1) is 0 Å². The van der Waals surface area contributed by atoms with Crippen LogP contribution >= 0.6 is 0 Å². The molecule has 0 aromatic heterocycles. The van der Waals surface area contributed by atoms with Crippen molar-refractivity contribution in [2.75, 3.05) is 0 Å². The zero-order valence-electron chi connectivity index (χ0n) is 12.4. The minimum Gasteiger partial charge on any atom is -0.0656 e. The fourth-order valence-electron chi connectivity index (χ4n) is 1.34. The van der Waals surface area contributed by atoms with Crippen LogP contribution < -0.4 is 0 Å². The van der Waals surface area contributed by atoms with Crippen molar-refractivity contribution in [2.24, 2.45) is 0 Å². The molecule has 0 spiro atoms. The topological polar surface area (TPSA) is 0 Å². The summed E-state index contributed by atoms with van der Waals surface area (Å²) in [6.07, 6.45) is 1.25. The van der Waals surface area contributed by atoms with E-state index in [2.05, 4.69) is 71.0 Å². The quantitative estimate of drug-likeness (QED) is 0.554. The van der Waals surface area contributed by atoms with E-state index in [0.29, 0.717) is 0 Å². The van der Waals surface area contributed by atoms with Crippen molar-refractivity contribution in [3.05, 3.63) is 71.3 Å². The average Bonchev–Trinajstić information content (AvgIpc) is 2.31. The van der Waals surface area contributed by atoms with Gasteiger partial charge in [0.05, 0.1) is 0 Å². The zero-order valence-corrected chi connectivity index (χ0v) is 12.4. The van der Waals surface area contributed by atoms with Crippen LogP contribution in [0.3, 0.4) is 0 Å². The number of benzene rings is 2. The highest BCUT2D eigenvalue weighted by Crippen LogP contribution is 2.00. The van der Waals surface area contributed by atoms with Gasteiger partial charge in [-0.2, -0.15) is 0 Å². The second kappa shape index (κ2) is 10.6. The minimum atomic E-state index is 1.25. The monoisotopic (exact) mass is 242 g/mol. The highest BCUT2D eigenvalue weighted by atomic mass is 13.9. The Bertz CT molecular complexity index is 384. The van der Waals surface area contributed by atoms with Crippen molar-refractivity contribution in [2.45, 2.75) is 41.0 Å². The maximum atomic E-state index is 2.17. The third-order valence-electron chi connectivity index (χ3n) is 2.11. The van der Waals surface area contributed by atoms with Crippen LogP contribution in [0.4, 0.5) is 0 Å². The summed E-state index contributed by atoms with van der Waals surface area (Å²) in [6, 6.07) is 18.7. The minimum absolute atomic E-state index is 1.25. The normalized spacial score (nSPS) is 8.50. The molecule has 98 valence electrons. The second-order valence-corrected chi connectivity index (χ2v) is 4.52. The third kappa shape index (κ3) is 9.65. The van der Waals surface area contributed by atoms with Gasteiger partial charge in [-0.3, -0.25) is 0 Å². The Kier molecular flexibility index (Phi) is 9.67. The highest BCUT2D eigenvalue weighted by molar-refractivity contribution is 5.20. The second-order valence-electron chi connectivity index (χ2n) is 4.52. The SMILES string of the molecule is CCC.Cc1cccc(C)c1.Cc1ccccc1. The van der Waals surface area contributed by atoms with E-state index < -0.39 is 0 Å². The van der Waals surface area contributed by atoms with Crippen LogP contribution in [0.25, 0.3) is 0 Å². The lowest BCUT2D eigenvalue weighted by Crippen LogP contribution is -1.71. The van der Waals surface area contributed by atoms with Gasteiger partial charge in [0.1, 0.15) is 0 Å². The Balaban J connectivity index is 0.000000267. The fraction of sp³-hybridized carbons (Fsp3) is 0.333. The molecule has 0 atom stereocenters. The molecule has 0 saturated heterocycles. The van der Waals surface area contributed by atoms with Crippen LogP contribution in [0.1, 0.15) is 37.0 Å². The Morgan fingerprint density at radius 2 is 1.00 bits per heavy atom. The van der Waals surface area contributed by atoms with E-state index in [4.69, 9.17) is 0 Å². The van der Waals surface area contributed by atoms with Gasteiger partial charge >= 0.3 is 0 Å². The average molecular weight is 242 g/mol. The Labute approximate surface area is 113 Å². The van der Waals surface area contributed by atoms with E-state index in [9.17, 15) is 0 Å². The summed E-state index contributed by atoms with van der Waals surface area (Å²) in [7, 11) is 0. The molecule has 0 amide bonds. The lowest BCUT2D eigenvalue weighted by atomic mass is 10.2. The first-order valence-corrected chi connectivity index (χ1v) is 6.65. The first kappa shape index (κ1) is 16.4. The summed E-state index contributed by atoms with van der Waals surface area (Å²) >= 11 is 0. The van der Waals surface area contributed by atoms with E-state index in [1.807, 2.05) is 18.2 Å². The van der Waals surface area contributed by atoms with Crippen LogP contribution in [0.5, 0.6) is 0 Å².